The quantitative estimate of drug-likeness (QED) is 0.715. The molecule has 1 aliphatic rings. The fourth-order valence-electron chi connectivity index (χ4n) is 3.69. The minimum absolute atomic E-state index is 0.217. The van der Waals surface area contributed by atoms with Gasteiger partial charge in [-0.05, 0) is 43.5 Å². The Morgan fingerprint density at radius 3 is 2.92 bits per heavy atom. The molecule has 0 radical (unpaired) electrons. The van der Waals surface area contributed by atoms with Crippen molar-refractivity contribution in [3.05, 3.63) is 54.5 Å². The number of hydrogen-bond donors (Lipinski definition) is 0. The molecule has 5 heteroatoms. The van der Waals surface area contributed by atoms with Crippen molar-refractivity contribution in [3.8, 4) is 0 Å². The Morgan fingerprint density at radius 1 is 1.25 bits per heavy atom. The molecule has 1 aromatic carbocycles. The molecule has 2 atom stereocenters. The molecule has 0 bridgehead atoms. The Bertz CT molecular complexity index is 859. The molecule has 4 rings (SSSR count). The Morgan fingerprint density at radius 2 is 2.12 bits per heavy atom. The van der Waals surface area contributed by atoms with Crippen LogP contribution in [-0.4, -0.2) is 27.6 Å². The van der Waals surface area contributed by atoms with Gasteiger partial charge < -0.3 is 9.47 Å². The summed E-state index contributed by atoms with van der Waals surface area (Å²) in [4.78, 5) is 11.1. The minimum atomic E-state index is -0.217. The minimum Gasteiger partial charge on any atom is -0.369 e. The highest BCUT2D eigenvalue weighted by Crippen LogP contribution is 2.34. The van der Waals surface area contributed by atoms with E-state index >= 15 is 0 Å². The highest BCUT2D eigenvalue weighted by atomic mass is 19.1. The molecule has 0 saturated carbocycles. The molecule has 1 saturated heterocycles. The summed E-state index contributed by atoms with van der Waals surface area (Å²) >= 11 is 0. The Balaban J connectivity index is 1.75. The molecule has 0 spiro atoms. The number of hydrogen-bond acceptors (Lipinski definition) is 3. The maximum atomic E-state index is 13.8. The van der Waals surface area contributed by atoms with Gasteiger partial charge in [0.15, 0.2) is 0 Å². The maximum Gasteiger partial charge on any atom is 0.124 e. The van der Waals surface area contributed by atoms with Gasteiger partial charge in [-0.15, -0.1) is 0 Å². The first-order valence-electron chi connectivity index (χ1n) is 8.41. The van der Waals surface area contributed by atoms with Crippen LogP contribution in [0.5, 0.6) is 0 Å². The van der Waals surface area contributed by atoms with E-state index in [4.69, 9.17) is 0 Å². The summed E-state index contributed by atoms with van der Waals surface area (Å²) in [5, 5.41) is 0.888. The molecule has 0 aliphatic carbocycles. The summed E-state index contributed by atoms with van der Waals surface area (Å²) in [6, 6.07) is 7.29. The zero-order valence-electron chi connectivity index (χ0n) is 14.0. The van der Waals surface area contributed by atoms with E-state index in [1.807, 2.05) is 25.6 Å². The van der Waals surface area contributed by atoms with Gasteiger partial charge >= 0.3 is 0 Å². The van der Waals surface area contributed by atoms with Gasteiger partial charge in [-0.25, -0.2) is 9.37 Å². The molecule has 24 heavy (non-hydrogen) atoms. The third-order valence-corrected chi connectivity index (χ3v) is 5.04. The first kappa shape index (κ1) is 15.1. The van der Waals surface area contributed by atoms with Crippen molar-refractivity contribution in [3.63, 3.8) is 0 Å². The molecular weight excluding hydrogens is 303 g/mol. The van der Waals surface area contributed by atoms with Gasteiger partial charge in [0.05, 0.1) is 17.9 Å². The number of pyridine rings is 1. The van der Waals surface area contributed by atoms with E-state index in [2.05, 4.69) is 32.4 Å². The summed E-state index contributed by atoms with van der Waals surface area (Å²) in [5.74, 6) is 0.368. The fraction of sp³-hybridized carbons (Fsp3) is 0.368. The lowest BCUT2D eigenvalue weighted by Crippen LogP contribution is -2.40. The number of nitrogens with zero attached hydrogens (tertiary/aromatic N) is 4. The Hall–Kier alpha value is -2.43. The van der Waals surface area contributed by atoms with Gasteiger partial charge in [-0.2, -0.15) is 0 Å². The third-order valence-electron chi connectivity index (χ3n) is 5.04. The molecule has 124 valence electrons. The second-order valence-electron chi connectivity index (χ2n) is 6.73. The van der Waals surface area contributed by atoms with Gasteiger partial charge in [0.2, 0.25) is 0 Å². The van der Waals surface area contributed by atoms with Gasteiger partial charge in [0, 0.05) is 42.3 Å². The van der Waals surface area contributed by atoms with E-state index in [-0.39, 0.29) is 5.82 Å². The van der Waals surface area contributed by atoms with Crippen LogP contribution in [0.15, 0.2) is 43.0 Å². The Kier molecular flexibility index (Phi) is 3.71. The molecule has 4 nitrogen and oxygen atoms in total. The summed E-state index contributed by atoms with van der Waals surface area (Å²) in [6.45, 7) is 6.15. The third kappa shape index (κ3) is 2.64. The molecule has 0 N–H and O–H groups in total. The van der Waals surface area contributed by atoms with Crippen LogP contribution in [0.4, 0.5) is 10.1 Å². The van der Waals surface area contributed by atoms with Gasteiger partial charge in [-0.3, -0.25) is 4.98 Å². The molecular formula is C19H21FN4. The van der Waals surface area contributed by atoms with Crippen molar-refractivity contribution >= 4 is 16.6 Å². The van der Waals surface area contributed by atoms with Crippen molar-refractivity contribution in [1.82, 2.24) is 14.5 Å². The smallest absolute Gasteiger partial charge is 0.124 e. The molecule has 1 aliphatic heterocycles. The molecule has 0 amide bonds. The van der Waals surface area contributed by atoms with Crippen LogP contribution < -0.4 is 4.90 Å². The molecule has 1 fully saturated rings. The van der Waals surface area contributed by atoms with E-state index in [0.717, 1.165) is 41.8 Å². The standard InChI is InChI=1S/C19H21FN4/c1-13-5-7-23(11-19(13)24-8-6-21-12-24)18-9-14(2)22-17-4-3-15(20)10-16(17)18/h3-4,6,8-10,12-13,19H,5,7,11H2,1-2H3. The van der Waals surface area contributed by atoms with E-state index in [0.29, 0.717) is 12.0 Å². The number of aryl methyl sites for hydroxylation is 1. The van der Waals surface area contributed by atoms with Crippen LogP contribution in [0.3, 0.4) is 0 Å². The second-order valence-corrected chi connectivity index (χ2v) is 6.73. The normalized spacial score (nSPS) is 21.4. The lowest BCUT2D eigenvalue weighted by molar-refractivity contribution is 0.299. The first-order valence-corrected chi connectivity index (χ1v) is 8.41. The van der Waals surface area contributed by atoms with Crippen LogP contribution >= 0.6 is 0 Å². The summed E-state index contributed by atoms with van der Waals surface area (Å²) < 4.78 is 16.0. The van der Waals surface area contributed by atoms with Gasteiger partial charge in [0.1, 0.15) is 5.82 Å². The van der Waals surface area contributed by atoms with Crippen LogP contribution in [0.1, 0.15) is 25.1 Å². The van der Waals surface area contributed by atoms with Crippen LogP contribution in [-0.2, 0) is 0 Å². The SMILES string of the molecule is Cc1cc(N2CCC(C)C(n3ccnc3)C2)c2cc(F)ccc2n1. The van der Waals surface area contributed by atoms with Crippen LogP contribution in [0.2, 0.25) is 0 Å². The average molecular weight is 324 g/mol. The molecule has 3 heterocycles. The number of aromatic nitrogens is 3. The number of rotatable bonds is 2. The largest absolute Gasteiger partial charge is 0.369 e. The van der Waals surface area contributed by atoms with E-state index in [9.17, 15) is 4.39 Å². The van der Waals surface area contributed by atoms with Crippen molar-refractivity contribution in [2.75, 3.05) is 18.0 Å². The molecule has 2 aromatic heterocycles. The topological polar surface area (TPSA) is 34.0 Å². The van der Waals surface area contributed by atoms with E-state index < -0.39 is 0 Å². The average Bonchev–Trinajstić information content (AvgIpc) is 3.09. The summed E-state index contributed by atoms with van der Waals surface area (Å²) in [6.07, 6.45) is 6.84. The molecule has 2 unspecified atom stereocenters. The summed E-state index contributed by atoms with van der Waals surface area (Å²) in [5.41, 5.74) is 2.89. The highest BCUT2D eigenvalue weighted by molar-refractivity contribution is 5.92. The number of imidazole rings is 1. The summed E-state index contributed by atoms with van der Waals surface area (Å²) in [7, 11) is 0. The highest BCUT2D eigenvalue weighted by Gasteiger charge is 2.28. The monoisotopic (exact) mass is 324 g/mol. The van der Waals surface area contributed by atoms with E-state index in [1.165, 1.54) is 6.07 Å². The zero-order valence-corrected chi connectivity index (χ0v) is 14.0. The predicted molar refractivity (Wildman–Crippen MR) is 93.7 cm³/mol. The van der Waals surface area contributed by atoms with Crippen molar-refractivity contribution in [1.29, 1.82) is 0 Å². The van der Waals surface area contributed by atoms with Crippen LogP contribution in [0, 0.1) is 18.7 Å². The number of piperidine rings is 1. The number of halogens is 1. The van der Waals surface area contributed by atoms with E-state index in [1.54, 1.807) is 12.1 Å². The Labute approximate surface area is 141 Å². The van der Waals surface area contributed by atoms with Crippen molar-refractivity contribution in [2.45, 2.75) is 26.3 Å². The number of fused-ring (bicyclic) bond motifs is 1. The fourth-order valence-corrected chi connectivity index (χ4v) is 3.69. The number of benzene rings is 1. The van der Waals surface area contributed by atoms with Gasteiger partial charge in [-0.1, -0.05) is 6.92 Å². The second kappa shape index (κ2) is 5.89. The lowest BCUT2D eigenvalue weighted by Gasteiger charge is -2.39. The first-order chi connectivity index (χ1) is 11.6. The molecule has 3 aromatic rings. The maximum absolute atomic E-state index is 13.8. The number of anilines is 1. The van der Waals surface area contributed by atoms with Crippen molar-refractivity contribution < 1.29 is 4.39 Å². The van der Waals surface area contributed by atoms with Crippen molar-refractivity contribution in [2.24, 2.45) is 5.92 Å². The predicted octanol–water partition coefficient (Wildman–Crippen LogP) is 3.97. The van der Waals surface area contributed by atoms with Gasteiger partial charge in [0.25, 0.3) is 0 Å². The van der Waals surface area contributed by atoms with Crippen LogP contribution in [0.25, 0.3) is 10.9 Å². The zero-order chi connectivity index (χ0) is 16.7. The lowest BCUT2D eigenvalue weighted by atomic mass is 9.92.